The van der Waals surface area contributed by atoms with Gasteiger partial charge in [-0.3, -0.25) is 0 Å². The third-order valence-corrected chi connectivity index (χ3v) is 3.59. The van der Waals surface area contributed by atoms with Crippen molar-refractivity contribution in [3.8, 4) is 11.4 Å². The molecule has 0 amide bonds. The zero-order valence-electron chi connectivity index (χ0n) is 8.51. The van der Waals surface area contributed by atoms with Crippen molar-refractivity contribution in [2.24, 2.45) is 0 Å². The van der Waals surface area contributed by atoms with E-state index in [1.165, 1.54) is 0 Å². The van der Waals surface area contributed by atoms with Crippen LogP contribution in [-0.4, -0.2) is 34.0 Å². The van der Waals surface area contributed by atoms with Crippen molar-refractivity contribution in [3.05, 3.63) is 24.3 Å². The van der Waals surface area contributed by atoms with Crippen molar-refractivity contribution in [1.82, 2.24) is 20.6 Å². The summed E-state index contributed by atoms with van der Waals surface area (Å²) in [7, 11) is -2.23. The maximum atomic E-state index is 11.9. The van der Waals surface area contributed by atoms with Crippen LogP contribution < -0.4 is 5.30 Å². The number of rotatable bonds is 2. The first kappa shape index (κ1) is 10.1. The number of nitrogens with one attached hydrogen (secondary N) is 1. The SMILES string of the molecule is CP(C)(=O)c1cccc(-c2nn[nH]n2)c1. The van der Waals surface area contributed by atoms with Crippen molar-refractivity contribution in [2.45, 2.75) is 0 Å². The third kappa shape index (κ3) is 2.13. The molecule has 2 aromatic rings. The molecule has 0 saturated carbocycles. The van der Waals surface area contributed by atoms with Crippen LogP contribution in [0.25, 0.3) is 11.4 Å². The molecule has 2 rings (SSSR count). The van der Waals surface area contributed by atoms with Crippen molar-refractivity contribution < 1.29 is 4.57 Å². The lowest BCUT2D eigenvalue weighted by atomic mass is 10.2. The Labute approximate surface area is 87.3 Å². The molecule has 6 heteroatoms. The molecule has 1 heterocycles. The molecular formula is C9H11N4OP. The molecule has 0 aliphatic carbocycles. The molecule has 0 bridgehead atoms. The van der Waals surface area contributed by atoms with E-state index >= 15 is 0 Å². The van der Waals surface area contributed by atoms with Crippen LogP contribution >= 0.6 is 7.14 Å². The fourth-order valence-corrected chi connectivity index (χ4v) is 2.16. The van der Waals surface area contributed by atoms with Gasteiger partial charge in [0.1, 0.15) is 7.14 Å². The van der Waals surface area contributed by atoms with E-state index in [9.17, 15) is 4.57 Å². The van der Waals surface area contributed by atoms with E-state index in [-0.39, 0.29) is 0 Å². The predicted molar refractivity (Wildman–Crippen MR) is 58.7 cm³/mol. The van der Waals surface area contributed by atoms with Crippen LogP contribution in [0, 0.1) is 0 Å². The van der Waals surface area contributed by atoms with E-state index in [4.69, 9.17) is 0 Å². The molecule has 1 aromatic carbocycles. The van der Waals surface area contributed by atoms with Gasteiger partial charge in [-0.1, -0.05) is 18.2 Å². The van der Waals surface area contributed by atoms with E-state index in [2.05, 4.69) is 20.6 Å². The number of benzene rings is 1. The lowest BCUT2D eigenvalue weighted by Crippen LogP contribution is -2.02. The summed E-state index contributed by atoms with van der Waals surface area (Å²) in [6.45, 7) is 3.48. The molecule has 0 atom stereocenters. The van der Waals surface area contributed by atoms with Gasteiger partial charge in [0.15, 0.2) is 0 Å². The minimum atomic E-state index is -2.23. The van der Waals surface area contributed by atoms with Crippen LogP contribution in [0.3, 0.4) is 0 Å². The smallest absolute Gasteiger partial charge is 0.204 e. The van der Waals surface area contributed by atoms with Gasteiger partial charge in [0, 0.05) is 10.9 Å². The van der Waals surface area contributed by atoms with Gasteiger partial charge in [-0.25, -0.2) is 0 Å². The Bertz CT molecular complexity index is 503. The van der Waals surface area contributed by atoms with Crippen molar-refractivity contribution >= 4 is 12.4 Å². The summed E-state index contributed by atoms with van der Waals surface area (Å²) in [5, 5.41) is 14.4. The Balaban J connectivity index is 2.49. The first-order chi connectivity index (χ1) is 7.07. The molecule has 0 fully saturated rings. The number of nitrogens with zero attached hydrogens (tertiary/aromatic N) is 3. The third-order valence-electron chi connectivity index (χ3n) is 2.07. The van der Waals surface area contributed by atoms with Gasteiger partial charge >= 0.3 is 0 Å². The van der Waals surface area contributed by atoms with Crippen LogP contribution in [0.5, 0.6) is 0 Å². The quantitative estimate of drug-likeness (QED) is 0.773. The van der Waals surface area contributed by atoms with Crippen molar-refractivity contribution in [2.75, 3.05) is 13.3 Å². The molecule has 0 saturated heterocycles. The molecule has 5 nitrogen and oxygen atoms in total. The van der Waals surface area contributed by atoms with E-state index in [0.717, 1.165) is 10.9 Å². The zero-order chi connectivity index (χ0) is 10.9. The fourth-order valence-electron chi connectivity index (χ4n) is 1.26. The van der Waals surface area contributed by atoms with Gasteiger partial charge in [-0.05, 0) is 24.6 Å². The van der Waals surface area contributed by atoms with Crippen LogP contribution in [0.4, 0.5) is 0 Å². The summed E-state index contributed by atoms with van der Waals surface area (Å²) >= 11 is 0. The minimum Gasteiger partial charge on any atom is -0.319 e. The standard InChI is InChI=1S/C9H11N4OP/c1-15(2,14)8-5-3-4-7(6-8)9-10-12-13-11-9/h3-6H,1-2H3,(H,10,11,12,13). The molecule has 0 radical (unpaired) electrons. The number of hydrogen-bond acceptors (Lipinski definition) is 4. The Morgan fingerprint density at radius 2 is 2.13 bits per heavy atom. The number of tetrazole rings is 1. The molecule has 0 aliphatic heterocycles. The van der Waals surface area contributed by atoms with Crippen LogP contribution in [0.15, 0.2) is 24.3 Å². The molecule has 15 heavy (non-hydrogen) atoms. The molecule has 1 N–H and O–H groups in total. The van der Waals surface area contributed by atoms with Crippen LogP contribution in [0.1, 0.15) is 0 Å². The van der Waals surface area contributed by atoms with Gasteiger partial charge < -0.3 is 4.57 Å². The zero-order valence-corrected chi connectivity index (χ0v) is 9.40. The summed E-state index contributed by atoms with van der Waals surface area (Å²) < 4.78 is 11.9. The van der Waals surface area contributed by atoms with Gasteiger partial charge in [-0.15, -0.1) is 10.2 Å². The summed E-state index contributed by atoms with van der Waals surface area (Å²) in [5.41, 5.74) is 0.824. The van der Waals surface area contributed by atoms with E-state index < -0.39 is 7.14 Å². The molecule has 0 spiro atoms. The summed E-state index contributed by atoms with van der Waals surface area (Å²) in [4.78, 5) is 0. The predicted octanol–water partition coefficient (Wildman–Crippen LogP) is 1.11. The second-order valence-electron chi connectivity index (χ2n) is 3.64. The topological polar surface area (TPSA) is 71.5 Å². The van der Waals surface area contributed by atoms with Crippen molar-refractivity contribution in [1.29, 1.82) is 0 Å². The van der Waals surface area contributed by atoms with Gasteiger partial charge in [0.25, 0.3) is 0 Å². The van der Waals surface area contributed by atoms with E-state index in [1.807, 2.05) is 24.3 Å². The number of aromatic amines is 1. The van der Waals surface area contributed by atoms with Crippen LogP contribution in [-0.2, 0) is 4.57 Å². The largest absolute Gasteiger partial charge is 0.319 e. The Morgan fingerprint density at radius 1 is 1.33 bits per heavy atom. The first-order valence-electron chi connectivity index (χ1n) is 4.47. The molecule has 0 unspecified atom stereocenters. The second-order valence-corrected chi connectivity index (χ2v) is 6.85. The highest BCUT2D eigenvalue weighted by Gasteiger charge is 2.12. The Kier molecular flexibility index (Phi) is 2.40. The average Bonchev–Trinajstić information content (AvgIpc) is 2.69. The summed E-state index contributed by atoms with van der Waals surface area (Å²) in [6, 6.07) is 7.40. The van der Waals surface area contributed by atoms with E-state index in [1.54, 1.807) is 13.3 Å². The molecular weight excluding hydrogens is 211 g/mol. The highest BCUT2D eigenvalue weighted by atomic mass is 31.2. The average molecular weight is 222 g/mol. The van der Waals surface area contributed by atoms with Crippen LogP contribution in [0.2, 0.25) is 0 Å². The molecule has 78 valence electrons. The fraction of sp³-hybridized carbons (Fsp3) is 0.222. The van der Waals surface area contributed by atoms with Crippen molar-refractivity contribution in [3.63, 3.8) is 0 Å². The highest BCUT2D eigenvalue weighted by Crippen LogP contribution is 2.35. The second kappa shape index (κ2) is 3.59. The monoisotopic (exact) mass is 222 g/mol. The van der Waals surface area contributed by atoms with E-state index in [0.29, 0.717) is 5.82 Å². The van der Waals surface area contributed by atoms with Gasteiger partial charge in [-0.2, -0.15) is 5.21 Å². The maximum absolute atomic E-state index is 11.9. The number of aromatic nitrogens is 4. The number of hydrogen-bond donors (Lipinski definition) is 1. The van der Waals surface area contributed by atoms with Gasteiger partial charge in [0.2, 0.25) is 5.82 Å². The number of H-pyrrole nitrogens is 1. The highest BCUT2D eigenvalue weighted by molar-refractivity contribution is 7.70. The molecule has 0 aliphatic rings. The Morgan fingerprint density at radius 3 is 2.73 bits per heavy atom. The minimum absolute atomic E-state index is 0.519. The lowest BCUT2D eigenvalue weighted by molar-refractivity contribution is 0.588. The Hall–Kier alpha value is -1.48. The summed E-state index contributed by atoms with van der Waals surface area (Å²) in [6.07, 6.45) is 0. The van der Waals surface area contributed by atoms with Gasteiger partial charge in [0.05, 0.1) is 0 Å². The lowest BCUT2D eigenvalue weighted by Gasteiger charge is -2.07. The normalized spacial score (nSPS) is 11.6. The maximum Gasteiger partial charge on any atom is 0.204 e. The first-order valence-corrected chi connectivity index (χ1v) is 7.07. The summed E-state index contributed by atoms with van der Waals surface area (Å²) in [5.74, 6) is 0.519. The molecule has 1 aromatic heterocycles.